The molecule has 3 rings (SSSR count). The Morgan fingerprint density at radius 3 is 2.31 bits per heavy atom. The second-order valence-electron chi connectivity index (χ2n) is 7.05. The number of nitrogens with one attached hydrogen (secondary N) is 2. The standard InChI is InChI=1S/C23H24N2O3S/c1-16-12-13-22(17(2)14-16)18(3)24-23(26)19-8-7-11-21(15-19)29(27,28)25-20-9-5-4-6-10-20/h4-15,18,25H,1-3H3,(H,24,26)/t18-/m1/s1. The fourth-order valence-corrected chi connectivity index (χ4v) is 4.30. The van der Waals surface area contributed by atoms with Crippen molar-refractivity contribution in [2.75, 3.05) is 4.72 Å². The summed E-state index contributed by atoms with van der Waals surface area (Å²) in [7, 11) is -3.79. The lowest BCUT2D eigenvalue weighted by molar-refractivity contribution is 0.0939. The Morgan fingerprint density at radius 1 is 0.897 bits per heavy atom. The van der Waals surface area contributed by atoms with Crippen LogP contribution in [0.2, 0.25) is 0 Å². The highest BCUT2D eigenvalue weighted by Gasteiger charge is 2.18. The maximum absolute atomic E-state index is 12.7. The fraction of sp³-hybridized carbons (Fsp3) is 0.174. The van der Waals surface area contributed by atoms with Crippen molar-refractivity contribution in [3.8, 4) is 0 Å². The van der Waals surface area contributed by atoms with Gasteiger partial charge < -0.3 is 5.32 Å². The monoisotopic (exact) mass is 408 g/mol. The topological polar surface area (TPSA) is 75.3 Å². The van der Waals surface area contributed by atoms with Gasteiger partial charge in [-0.2, -0.15) is 0 Å². The predicted octanol–water partition coefficient (Wildman–Crippen LogP) is 4.60. The molecule has 1 amide bonds. The van der Waals surface area contributed by atoms with Gasteiger partial charge in [-0.3, -0.25) is 9.52 Å². The minimum atomic E-state index is -3.79. The molecule has 0 saturated carbocycles. The van der Waals surface area contributed by atoms with Crippen LogP contribution in [0.15, 0.2) is 77.7 Å². The summed E-state index contributed by atoms with van der Waals surface area (Å²) in [6, 6.07) is 20.5. The van der Waals surface area contributed by atoms with Gasteiger partial charge in [0.2, 0.25) is 0 Å². The van der Waals surface area contributed by atoms with E-state index in [0.717, 1.165) is 16.7 Å². The third-order valence-corrected chi connectivity index (χ3v) is 6.05. The van der Waals surface area contributed by atoms with Gasteiger partial charge in [-0.1, -0.05) is 48.0 Å². The van der Waals surface area contributed by atoms with Crippen LogP contribution in [0.1, 0.15) is 40.0 Å². The molecule has 0 fully saturated rings. The first-order valence-corrected chi connectivity index (χ1v) is 10.8. The molecule has 0 unspecified atom stereocenters. The highest BCUT2D eigenvalue weighted by Crippen LogP contribution is 2.20. The van der Waals surface area contributed by atoms with E-state index in [1.54, 1.807) is 42.5 Å². The molecule has 0 saturated heterocycles. The normalized spacial score (nSPS) is 12.2. The number of para-hydroxylation sites is 1. The van der Waals surface area contributed by atoms with E-state index >= 15 is 0 Å². The first kappa shape index (κ1) is 20.6. The second-order valence-corrected chi connectivity index (χ2v) is 8.74. The van der Waals surface area contributed by atoms with Crippen LogP contribution < -0.4 is 10.0 Å². The zero-order valence-corrected chi connectivity index (χ0v) is 17.5. The molecule has 0 aliphatic rings. The van der Waals surface area contributed by atoms with E-state index < -0.39 is 10.0 Å². The van der Waals surface area contributed by atoms with E-state index in [2.05, 4.69) is 16.1 Å². The van der Waals surface area contributed by atoms with Crippen molar-refractivity contribution < 1.29 is 13.2 Å². The number of carbonyl (C=O) groups is 1. The molecule has 1 atom stereocenters. The van der Waals surface area contributed by atoms with Crippen LogP contribution in [0.5, 0.6) is 0 Å². The summed E-state index contributed by atoms with van der Waals surface area (Å²) in [5, 5.41) is 2.95. The molecule has 6 heteroatoms. The van der Waals surface area contributed by atoms with Gasteiger partial charge in [-0.15, -0.1) is 0 Å². The summed E-state index contributed by atoms with van der Waals surface area (Å²) in [5.74, 6) is -0.325. The van der Waals surface area contributed by atoms with E-state index in [1.165, 1.54) is 12.1 Å². The van der Waals surface area contributed by atoms with Crippen molar-refractivity contribution in [2.24, 2.45) is 0 Å². The van der Waals surface area contributed by atoms with Gasteiger partial charge in [0, 0.05) is 11.3 Å². The lowest BCUT2D eigenvalue weighted by Crippen LogP contribution is -2.27. The number of sulfonamides is 1. The van der Waals surface area contributed by atoms with Crippen molar-refractivity contribution in [3.63, 3.8) is 0 Å². The van der Waals surface area contributed by atoms with Crippen LogP contribution in [-0.2, 0) is 10.0 Å². The van der Waals surface area contributed by atoms with Gasteiger partial charge in [-0.05, 0) is 62.2 Å². The number of aryl methyl sites for hydroxylation is 2. The van der Waals surface area contributed by atoms with Gasteiger partial charge in [0.25, 0.3) is 15.9 Å². The molecule has 3 aromatic carbocycles. The van der Waals surface area contributed by atoms with Crippen molar-refractivity contribution >= 4 is 21.6 Å². The Bertz CT molecular complexity index is 1130. The lowest BCUT2D eigenvalue weighted by Gasteiger charge is -2.17. The van der Waals surface area contributed by atoms with Crippen molar-refractivity contribution in [2.45, 2.75) is 31.7 Å². The molecule has 0 heterocycles. The van der Waals surface area contributed by atoms with Crippen LogP contribution in [0.3, 0.4) is 0 Å². The van der Waals surface area contributed by atoms with Crippen molar-refractivity contribution in [3.05, 3.63) is 95.1 Å². The van der Waals surface area contributed by atoms with Crippen LogP contribution >= 0.6 is 0 Å². The van der Waals surface area contributed by atoms with Gasteiger partial charge in [0.05, 0.1) is 10.9 Å². The highest BCUT2D eigenvalue weighted by atomic mass is 32.2. The average Bonchev–Trinajstić information content (AvgIpc) is 2.68. The number of amides is 1. The third-order valence-electron chi connectivity index (χ3n) is 4.67. The van der Waals surface area contributed by atoms with Crippen LogP contribution in [0.4, 0.5) is 5.69 Å². The molecule has 0 spiro atoms. The van der Waals surface area contributed by atoms with Gasteiger partial charge in [-0.25, -0.2) is 8.42 Å². The SMILES string of the molecule is Cc1ccc([C@@H](C)NC(=O)c2cccc(S(=O)(=O)Nc3ccccc3)c2)c(C)c1. The Morgan fingerprint density at radius 2 is 1.62 bits per heavy atom. The van der Waals surface area contributed by atoms with Gasteiger partial charge in [0.15, 0.2) is 0 Å². The summed E-state index contributed by atoms with van der Waals surface area (Å²) in [6.07, 6.45) is 0. The van der Waals surface area contributed by atoms with E-state index in [1.807, 2.05) is 32.9 Å². The Labute approximate surface area is 171 Å². The number of benzene rings is 3. The molecule has 0 aromatic heterocycles. The predicted molar refractivity (Wildman–Crippen MR) is 115 cm³/mol. The summed E-state index contributed by atoms with van der Waals surface area (Å²) < 4.78 is 27.8. The van der Waals surface area contributed by atoms with Crippen molar-refractivity contribution in [1.29, 1.82) is 0 Å². The average molecular weight is 409 g/mol. The molecule has 0 aliphatic carbocycles. The van der Waals surface area contributed by atoms with Crippen LogP contribution in [0, 0.1) is 13.8 Å². The smallest absolute Gasteiger partial charge is 0.261 e. The largest absolute Gasteiger partial charge is 0.346 e. The van der Waals surface area contributed by atoms with Crippen LogP contribution in [0.25, 0.3) is 0 Å². The highest BCUT2D eigenvalue weighted by molar-refractivity contribution is 7.92. The molecule has 150 valence electrons. The summed E-state index contributed by atoms with van der Waals surface area (Å²) in [5.41, 5.74) is 4.04. The molecular formula is C23H24N2O3S. The molecule has 2 N–H and O–H groups in total. The Balaban J connectivity index is 1.78. The summed E-state index contributed by atoms with van der Waals surface area (Å²) >= 11 is 0. The third kappa shape index (κ3) is 5.03. The zero-order chi connectivity index (χ0) is 21.0. The number of hydrogen-bond acceptors (Lipinski definition) is 3. The number of anilines is 1. The van der Waals surface area contributed by atoms with E-state index in [0.29, 0.717) is 5.69 Å². The molecular weight excluding hydrogens is 384 g/mol. The lowest BCUT2D eigenvalue weighted by atomic mass is 10.00. The molecule has 3 aromatic rings. The number of hydrogen-bond donors (Lipinski definition) is 2. The van der Waals surface area contributed by atoms with Gasteiger partial charge in [0.1, 0.15) is 0 Å². The van der Waals surface area contributed by atoms with E-state index in [-0.39, 0.29) is 22.4 Å². The van der Waals surface area contributed by atoms with Crippen molar-refractivity contribution in [1.82, 2.24) is 5.32 Å². The summed E-state index contributed by atoms with van der Waals surface area (Å²) in [4.78, 5) is 12.8. The molecule has 0 radical (unpaired) electrons. The summed E-state index contributed by atoms with van der Waals surface area (Å²) in [6.45, 7) is 5.94. The van der Waals surface area contributed by atoms with E-state index in [9.17, 15) is 13.2 Å². The molecule has 5 nitrogen and oxygen atoms in total. The minimum Gasteiger partial charge on any atom is -0.346 e. The number of carbonyl (C=O) groups excluding carboxylic acids is 1. The zero-order valence-electron chi connectivity index (χ0n) is 16.6. The first-order chi connectivity index (χ1) is 13.8. The maximum atomic E-state index is 12.7. The van der Waals surface area contributed by atoms with Crippen LogP contribution in [-0.4, -0.2) is 14.3 Å². The number of rotatable bonds is 6. The maximum Gasteiger partial charge on any atom is 0.261 e. The second kappa shape index (κ2) is 8.49. The molecule has 29 heavy (non-hydrogen) atoms. The van der Waals surface area contributed by atoms with Gasteiger partial charge >= 0.3 is 0 Å². The Kier molecular flexibility index (Phi) is 6.03. The van der Waals surface area contributed by atoms with E-state index in [4.69, 9.17) is 0 Å². The fourth-order valence-electron chi connectivity index (χ4n) is 3.19. The Hall–Kier alpha value is -3.12. The first-order valence-electron chi connectivity index (χ1n) is 9.32. The quantitative estimate of drug-likeness (QED) is 0.626. The molecule has 0 bridgehead atoms. The minimum absolute atomic E-state index is 0.0353. The molecule has 0 aliphatic heterocycles.